The molecule has 1 heterocycles. The normalized spacial score (nSPS) is 17.4. The molecule has 0 bridgehead atoms. The van der Waals surface area contributed by atoms with Crippen LogP contribution in [0.2, 0.25) is 15.1 Å². The predicted octanol–water partition coefficient (Wildman–Crippen LogP) is 4.33. The van der Waals surface area contributed by atoms with Gasteiger partial charge in [0.1, 0.15) is 5.82 Å². The molecule has 0 unspecified atom stereocenters. The minimum atomic E-state index is -3.77. The average Bonchev–Trinajstić information content (AvgIpc) is 3.59. The highest BCUT2D eigenvalue weighted by atomic mass is 35.5. The average molecular weight is 521 g/mol. The molecule has 2 aromatic carbocycles. The highest BCUT2D eigenvalue weighted by Crippen LogP contribution is 2.30. The fourth-order valence-corrected chi connectivity index (χ4v) is 5.42. The van der Waals surface area contributed by atoms with Crippen LogP contribution in [0.4, 0.5) is 10.1 Å². The van der Waals surface area contributed by atoms with Crippen LogP contribution in [0.1, 0.15) is 28.8 Å². The predicted molar refractivity (Wildman–Crippen MR) is 125 cm³/mol. The first-order chi connectivity index (χ1) is 15.1. The summed E-state index contributed by atoms with van der Waals surface area (Å²) in [6.07, 6.45) is 1.01. The van der Waals surface area contributed by atoms with E-state index in [1.165, 1.54) is 12.1 Å². The van der Waals surface area contributed by atoms with Gasteiger partial charge in [-0.15, -0.1) is 0 Å². The zero-order valence-electron chi connectivity index (χ0n) is 17.0. The molecule has 1 saturated carbocycles. The quantitative estimate of drug-likeness (QED) is 0.614. The zero-order valence-corrected chi connectivity index (χ0v) is 20.0. The van der Waals surface area contributed by atoms with Crippen molar-refractivity contribution in [3.8, 4) is 0 Å². The van der Waals surface area contributed by atoms with Gasteiger partial charge in [-0.25, -0.2) is 17.5 Å². The maximum atomic E-state index is 14.6. The SMILES string of the molecule is O=C(NS(=O)(=O)C1CC1)c1cc(Cl)c(CN2CCN(c3ccc(Cl)c(Cl)c3)CC2)cc1F. The number of hydrogen-bond donors (Lipinski definition) is 1. The molecular formula is C21H21Cl3FN3O3S. The second kappa shape index (κ2) is 9.35. The van der Waals surface area contributed by atoms with Gasteiger partial charge in [-0.05, 0) is 48.7 Å². The number of sulfonamides is 1. The van der Waals surface area contributed by atoms with Gasteiger partial charge in [0.25, 0.3) is 5.91 Å². The standard InChI is InChI=1S/C21H21Cl3FN3O3S/c22-17-4-1-14(10-19(17)24)28-7-5-27(6-8-28)12-13-9-20(25)16(11-18(13)23)21(29)26-32(30,31)15-2-3-15/h1,4,9-11,15H,2-3,5-8,12H2,(H,26,29). The van der Waals surface area contributed by atoms with Gasteiger partial charge in [-0.3, -0.25) is 9.69 Å². The zero-order chi connectivity index (χ0) is 23.0. The molecule has 1 aliphatic heterocycles. The Hall–Kier alpha value is -1.58. The summed E-state index contributed by atoms with van der Waals surface area (Å²) in [6, 6.07) is 7.91. The molecule has 6 nitrogen and oxygen atoms in total. The lowest BCUT2D eigenvalue weighted by atomic mass is 10.1. The maximum absolute atomic E-state index is 14.6. The van der Waals surface area contributed by atoms with E-state index in [0.717, 1.165) is 31.9 Å². The minimum absolute atomic E-state index is 0.215. The topological polar surface area (TPSA) is 69.7 Å². The Bertz CT molecular complexity index is 1150. The molecule has 2 aromatic rings. The minimum Gasteiger partial charge on any atom is -0.369 e. The van der Waals surface area contributed by atoms with E-state index in [1.807, 2.05) is 16.9 Å². The number of hydrogen-bond acceptors (Lipinski definition) is 5. The van der Waals surface area contributed by atoms with Crippen molar-refractivity contribution in [1.29, 1.82) is 0 Å². The van der Waals surface area contributed by atoms with Gasteiger partial charge in [0.15, 0.2) is 0 Å². The maximum Gasteiger partial charge on any atom is 0.267 e. The van der Waals surface area contributed by atoms with Crippen LogP contribution in [0, 0.1) is 5.82 Å². The first kappa shape index (κ1) is 23.6. The smallest absolute Gasteiger partial charge is 0.267 e. The number of piperazine rings is 1. The Balaban J connectivity index is 1.39. The number of halogens is 4. The van der Waals surface area contributed by atoms with E-state index >= 15 is 0 Å². The third kappa shape index (κ3) is 5.31. The van der Waals surface area contributed by atoms with Crippen molar-refractivity contribution in [3.05, 3.63) is 62.3 Å². The summed E-state index contributed by atoms with van der Waals surface area (Å²) >= 11 is 18.4. The van der Waals surface area contributed by atoms with Crippen LogP contribution in [-0.2, 0) is 16.6 Å². The van der Waals surface area contributed by atoms with Crippen LogP contribution in [0.15, 0.2) is 30.3 Å². The number of anilines is 1. The van der Waals surface area contributed by atoms with E-state index in [0.29, 0.717) is 35.0 Å². The number of amides is 1. The Morgan fingerprint density at radius 3 is 2.31 bits per heavy atom. The molecule has 11 heteroatoms. The molecule has 1 saturated heterocycles. The molecule has 0 atom stereocenters. The fourth-order valence-electron chi connectivity index (χ4n) is 3.62. The molecule has 0 spiro atoms. The third-order valence-corrected chi connectivity index (χ3v) is 8.52. The summed E-state index contributed by atoms with van der Waals surface area (Å²) in [5, 5.41) is 0.648. The van der Waals surface area contributed by atoms with Gasteiger partial charge >= 0.3 is 0 Å². The van der Waals surface area contributed by atoms with Crippen molar-refractivity contribution in [2.24, 2.45) is 0 Å². The van der Waals surface area contributed by atoms with E-state index in [2.05, 4.69) is 9.80 Å². The highest BCUT2D eigenvalue weighted by Gasteiger charge is 2.37. The van der Waals surface area contributed by atoms with Crippen molar-refractivity contribution < 1.29 is 17.6 Å². The van der Waals surface area contributed by atoms with Gasteiger partial charge < -0.3 is 4.90 Å². The summed E-state index contributed by atoms with van der Waals surface area (Å²) in [4.78, 5) is 16.6. The van der Waals surface area contributed by atoms with Crippen molar-refractivity contribution in [2.45, 2.75) is 24.6 Å². The molecule has 172 valence electrons. The first-order valence-corrected chi connectivity index (χ1v) is 12.8. The monoisotopic (exact) mass is 519 g/mol. The summed E-state index contributed by atoms with van der Waals surface area (Å²) in [5.41, 5.74) is 1.14. The molecule has 4 rings (SSSR count). The molecule has 1 N–H and O–H groups in total. The largest absolute Gasteiger partial charge is 0.369 e. The Morgan fingerprint density at radius 2 is 1.69 bits per heavy atom. The number of carbonyl (C=O) groups excluding carboxylic acids is 1. The molecule has 0 aromatic heterocycles. The van der Waals surface area contributed by atoms with Crippen LogP contribution in [-0.4, -0.2) is 50.7 Å². The molecule has 2 fully saturated rings. The van der Waals surface area contributed by atoms with E-state index in [9.17, 15) is 17.6 Å². The summed E-state index contributed by atoms with van der Waals surface area (Å²) in [5.74, 6) is -1.81. The number of nitrogens with zero attached hydrogens (tertiary/aromatic N) is 2. The molecule has 0 radical (unpaired) electrons. The number of carbonyl (C=O) groups is 1. The Kier molecular flexibility index (Phi) is 6.89. The van der Waals surface area contributed by atoms with Gasteiger partial charge in [-0.2, -0.15) is 0 Å². The fraction of sp³-hybridized carbons (Fsp3) is 0.381. The van der Waals surface area contributed by atoms with Crippen molar-refractivity contribution >= 4 is 56.4 Å². The lowest BCUT2D eigenvalue weighted by Crippen LogP contribution is -2.46. The molecule has 1 aliphatic carbocycles. The number of nitrogens with one attached hydrogen (secondary N) is 1. The summed E-state index contributed by atoms with van der Waals surface area (Å²) in [6.45, 7) is 3.35. The van der Waals surface area contributed by atoms with Crippen LogP contribution in [0.25, 0.3) is 0 Å². The van der Waals surface area contributed by atoms with E-state index in [1.54, 1.807) is 6.07 Å². The van der Waals surface area contributed by atoms with Crippen LogP contribution in [0.3, 0.4) is 0 Å². The van der Waals surface area contributed by atoms with E-state index < -0.39 is 27.0 Å². The molecule has 32 heavy (non-hydrogen) atoms. The second-order valence-corrected chi connectivity index (χ2v) is 11.1. The number of rotatable bonds is 6. The van der Waals surface area contributed by atoms with Crippen LogP contribution in [0.5, 0.6) is 0 Å². The Labute approximate surface area is 201 Å². The lowest BCUT2D eigenvalue weighted by Gasteiger charge is -2.36. The molecular weight excluding hydrogens is 500 g/mol. The van der Waals surface area contributed by atoms with Crippen molar-refractivity contribution in [3.63, 3.8) is 0 Å². The van der Waals surface area contributed by atoms with Gasteiger partial charge in [0.2, 0.25) is 10.0 Å². The summed E-state index contributed by atoms with van der Waals surface area (Å²) in [7, 11) is -3.77. The van der Waals surface area contributed by atoms with E-state index in [-0.39, 0.29) is 10.6 Å². The van der Waals surface area contributed by atoms with Gasteiger partial charge in [0.05, 0.1) is 20.9 Å². The lowest BCUT2D eigenvalue weighted by molar-refractivity contribution is 0.0977. The Morgan fingerprint density at radius 1 is 1.00 bits per heavy atom. The van der Waals surface area contributed by atoms with Crippen molar-refractivity contribution in [2.75, 3.05) is 31.1 Å². The van der Waals surface area contributed by atoms with Crippen molar-refractivity contribution in [1.82, 2.24) is 9.62 Å². The molecule has 1 amide bonds. The third-order valence-electron chi connectivity index (χ3n) is 5.61. The first-order valence-electron chi connectivity index (χ1n) is 10.1. The van der Waals surface area contributed by atoms with Gasteiger partial charge in [0, 0.05) is 43.4 Å². The highest BCUT2D eigenvalue weighted by molar-refractivity contribution is 7.91. The van der Waals surface area contributed by atoms with Gasteiger partial charge in [-0.1, -0.05) is 34.8 Å². The van der Waals surface area contributed by atoms with E-state index in [4.69, 9.17) is 34.8 Å². The number of benzene rings is 2. The van der Waals surface area contributed by atoms with Crippen LogP contribution >= 0.6 is 34.8 Å². The van der Waals surface area contributed by atoms with Crippen LogP contribution < -0.4 is 9.62 Å². The molecule has 2 aliphatic rings. The second-order valence-electron chi connectivity index (χ2n) is 7.96. The summed E-state index contributed by atoms with van der Waals surface area (Å²) < 4.78 is 40.5.